The topological polar surface area (TPSA) is 88.1 Å². The van der Waals surface area contributed by atoms with Crippen LogP contribution in [0.2, 0.25) is 0 Å². The van der Waals surface area contributed by atoms with E-state index >= 15 is 0 Å². The van der Waals surface area contributed by atoms with E-state index in [2.05, 4.69) is 10.2 Å². The van der Waals surface area contributed by atoms with Gasteiger partial charge in [-0.1, -0.05) is 54.2 Å². The minimum absolute atomic E-state index is 0.248. The average Bonchev–Trinajstić information content (AvgIpc) is 3.05. The van der Waals surface area contributed by atoms with Gasteiger partial charge in [0.2, 0.25) is 10.0 Å². The van der Waals surface area contributed by atoms with Crippen LogP contribution in [0.4, 0.5) is 0 Å². The number of aromatic amines is 1. The lowest BCUT2D eigenvalue weighted by molar-refractivity contribution is 0.520. The zero-order valence-corrected chi connectivity index (χ0v) is 17.3. The molecule has 7 nitrogen and oxygen atoms in total. The van der Waals surface area contributed by atoms with Gasteiger partial charge in [-0.25, -0.2) is 22.6 Å². The molecule has 3 aromatic rings. The fourth-order valence-electron chi connectivity index (χ4n) is 2.65. The number of aromatic nitrogens is 3. The molecule has 0 radical (unpaired) electrons. The average molecular weight is 419 g/mol. The summed E-state index contributed by atoms with van der Waals surface area (Å²) in [7, 11) is -0.467. The van der Waals surface area contributed by atoms with Crippen LogP contribution in [0.25, 0.3) is 0 Å². The summed E-state index contributed by atoms with van der Waals surface area (Å²) in [6.07, 6.45) is 0.727. The maximum atomic E-state index is 12.3. The van der Waals surface area contributed by atoms with Gasteiger partial charge in [0.25, 0.3) is 0 Å². The van der Waals surface area contributed by atoms with Crippen LogP contribution in [-0.2, 0) is 28.7 Å². The number of thioether (sulfide) groups is 1. The largest absolute Gasteiger partial charge is 0.343 e. The third kappa shape index (κ3) is 4.73. The molecular formula is C19H22N4O3S2. The minimum atomic E-state index is -3.48. The second-order valence-electron chi connectivity index (χ2n) is 6.42. The standard InChI is InChI=1S/C19H22N4O3S2/c1-22(2)28(25,26)17-10-6-9-16(13-17)14-27-19-21-20-18(24)23(19)12-11-15-7-4-3-5-8-15/h3-10,13H,11-12,14H2,1-2H3,(H,20,24). The van der Waals surface area contributed by atoms with E-state index in [-0.39, 0.29) is 10.6 Å². The van der Waals surface area contributed by atoms with Crippen molar-refractivity contribution in [1.29, 1.82) is 0 Å². The smallest absolute Gasteiger partial charge is 0.270 e. The van der Waals surface area contributed by atoms with Crippen molar-refractivity contribution in [2.75, 3.05) is 14.1 Å². The van der Waals surface area contributed by atoms with Crippen molar-refractivity contribution in [3.05, 3.63) is 76.2 Å². The Hall–Kier alpha value is -2.36. The summed E-state index contributed by atoms with van der Waals surface area (Å²) in [6, 6.07) is 16.8. The molecule has 0 fully saturated rings. The van der Waals surface area contributed by atoms with Gasteiger partial charge in [0.15, 0.2) is 5.16 Å². The summed E-state index contributed by atoms with van der Waals surface area (Å²) >= 11 is 1.40. The Morgan fingerprint density at radius 3 is 2.50 bits per heavy atom. The summed E-state index contributed by atoms with van der Waals surface area (Å²) in [5.74, 6) is 0.506. The van der Waals surface area contributed by atoms with Gasteiger partial charge in [0.05, 0.1) is 4.90 Å². The van der Waals surface area contributed by atoms with Crippen molar-refractivity contribution in [2.24, 2.45) is 0 Å². The highest BCUT2D eigenvalue weighted by Gasteiger charge is 2.17. The van der Waals surface area contributed by atoms with Gasteiger partial charge in [0.1, 0.15) is 0 Å². The number of nitrogens with one attached hydrogen (secondary N) is 1. The van der Waals surface area contributed by atoms with Crippen LogP contribution in [0, 0.1) is 0 Å². The van der Waals surface area contributed by atoms with Gasteiger partial charge < -0.3 is 0 Å². The molecule has 0 aliphatic carbocycles. The Kier molecular flexibility index (Phi) is 6.38. The van der Waals surface area contributed by atoms with Crippen LogP contribution in [0.3, 0.4) is 0 Å². The second kappa shape index (κ2) is 8.76. The summed E-state index contributed by atoms with van der Waals surface area (Å²) in [5.41, 5.74) is 1.74. The van der Waals surface area contributed by atoms with Crippen molar-refractivity contribution in [3.63, 3.8) is 0 Å². The van der Waals surface area contributed by atoms with Gasteiger partial charge in [0, 0.05) is 26.4 Å². The molecule has 1 aromatic heterocycles. The van der Waals surface area contributed by atoms with E-state index in [1.807, 2.05) is 36.4 Å². The number of rotatable bonds is 8. The fourth-order valence-corrected chi connectivity index (χ4v) is 4.54. The molecule has 2 aromatic carbocycles. The molecule has 0 saturated heterocycles. The molecule has 3 rings (SSSR count). The van der Waals surface area contributed by atoms with Crippen molar-refractivity contribution in [1.82, 2.24) is 19.1 Å². The number of hydrogen-bond acceptors (Lipinski definition) is 5. The number of sulfonamides is 1. The van der Waals surface area contributed by atoms with Gasteiger partial charge in [-0.05, 0) is 29.7 Å². The third-order valence-corrected chi connectivity index (χ3v) is 7.09. The monoisotopic (exact) mass is 418 g/mol. The van der Waals surface area contributed by atoms with Crippen LogP contribution in [0.5, 0.6) is 0 Å². The first-order valence-corrected chi connectivity index (χ1v) is 11.1. The lowest BCUT2D eigenvalue weighted by Crippen LogP contribution is -2.22. The van der Waals surface area contributed by atoms with Crippen molar-refractivity contribution >= 4 is 21.8 Å². The highest BCUT2D eigenvalue weighted by molar-refractivity contribution is 7.98. The molecule has 0 bridgehead atoms. The Morgan fingerprint density at radius 1 is 1.07 bits per heavy atom. The van der Waals surface area contributed by atoms with E-state index in [4.69, 9.17) is 0 Å². The molecule has 9 heteroatoms. The van der Waals surface area contributed by atoms with Gasteiger partial charge in [-0.15, -0.1) is 5.10 Å². The molecule has 0 atom stereocenters. The Morgan fingerprint density at radius 2 is 1.79 bits per heavy atom. The Labute approximate surface area is 168 Å². The molecule has 148 valence electrons. The fraction of sp³-hybridized carbons (Fsp3) is 0.263. The Bertz CT molecular complexity index is 1090. The summed E-state index contributed by atoms with van der Waals surface area (Å²) < 4.78 is 27.4. The van der Waals surface area contributed by atoms with E-state index in [9.17, 15) is 13.2 Å². The van der Waals surface area contributed by atoms with E-state index in [0.717, 1.165) is 17.5 Å². The number of aryl methyl sites for hydroxylation is 1. The summed E-state index contributed by atoms with van der Waals surface area (Å²) in [4.78, 5) is 12.3. The molecule has 1 N–H and O–H groups in total. The van der Waals surface area contributed by atoms with Crippen molar-refractivity contribution < 1.29 is 8.42 Å². The first-order valence-electron chi connectivity index (χ1n) is 8.71. The molecule has 0 aliphatic heterocycles. The van der Waals surface area contributed by atoms with Crippen LogP contribution >= 0.6 is 11.8 Å². The molecule has 28 heavy (non-hydrogen) atoms. The highest BCUT2D eigenvalue weighted by Crippen LogP contribution is 2.22. The number of hydrogen-bond donors (Lipinski definition) is 1. The normalized spacial score (nSPS) is 11.8. The minimum Gasteiger partial charge on any atom is -0.270 e. The second-order valence-corrected chi connectivity index (χ2v) is 9.52. The third-order valence-electron chi connectivity index (χ3n) is 4.24. The molecule has 1 heterocycles. The van der Waals surface area contributed by atoms with Crippen LogP contribution in [0.15, 0.2) is 69.4 Å². The zero-order chi connectivity index (χ0) is 20.1. The number of benzene rings is 2. The highest BCUT2D eigenvalue weighted by atomic mass is 32.2. The van der Waals surface area contributed by atoms with Crippen molar-refractivity contribution in [2.45, 2.75) is 28.8 Å². The quantitative estimate of drug-likeness (QED) is 0.568. The molecule has 0 aliphatic rings. The molecule has 0 amide bonds. The van der Waals surface area contributed by atoms with Gasteiger partial charge in [-0.2, -0.15) is 0 Å². The van der Waals surface area contributed by atoms with Gasteiger partial charge in [-0.3, -0.25) is 4.57 Å². The lowest BCUT2D eigenvalue weighted by atomic mass is 10.1. The maximum absolute atomic E-state index is 12.3. The van der Waals surface area contributed by atoms with Crippen molar-refractivity contribution in [3.8, 4) is 0 Å². The molecule has 0 saturated carbocycles. The summed E-state index contributed by atoms with van der Waals surface area (Å²) in [5, 5.41) is 7.18. The molecule has 0 spiro atoms. The van der Waals surface area contributed by atoms with E-state index in [1.165, 1.54) is 30.2 Å². The first kappa shape index (κ1) is 20.4. The SMILES string of the molecule is CN(C)S(=O)(=O)c1cccc(CSc2n[nH]c(=O)n2CCc2ccccc2)c1. The molecular weight excluding hydrogens is 396 g/mol. The number of nitrogens with zero attached hydrogens (tertiary/aromatic N) is 3. The number of H-pyrrole nitrogens is 1. The van der Waals surface area contributed by atoms with Crippen LogP contribution in [-0.4, -0.2) is 41.6 Å². The zero-order valence-electron chi connectivity index (χ0n) is 15.7. The predicted octanol–water partition coefficient (Wildman–Crippen LogP) is 2.36. The summed E-state index contributed by atoms with van der Waals surface area (Å²) in [6.45, 7) is 0.525. The Balaban J connectivity index is 1.71. The molecule has 0 unspecified atom stereocenters. The maximum Gasteiger partial charge on any atom is 0.343 e. The van der Waals surface area contributed by atoms with Gasteiger partial charge >= 0.3 is 5.69 Å². The van der Waals surface area contributed by atoms with E-state index < -0.39 is 10.0 Å². The lowest BCUT2D eigenvalue weighted by Gasteiger charge is -2.12. The first-order chi connectivity index (χ1) is 13.4. The van der Waals surface area contributed by atoms with E-state index in [1.54, 1.807) is 22.8 Å². The van der Waals surface area contributed by atoms with E-state index in [0.29, 0.717) is 17.5 Å². The predicted molar refractivity (Wildman–Crippen MR) is 110 cm³/mol. The van der Waals surface area contributed by atoms with Crippen LogP contribution in [0.1, 0.15) is 11.1 Å². The van der Waals surface area contributed by atoms with Crippen LogP contribution < -0.4 is 5.69 Å².